The molecule has 3 aromatic rings. The molecular weight excluding hydrogens is 533 g/mol. The fourth-order valence-electron chi connectivity index (χ4n) is 4.84. The number of carbonyl (C=O) groups is 1. The third kappa shape index (κ3) is 5.68. The average Bonchev–Trinajstić information content (AvgIpc) is 3.12. The SMILES string of the molecule is O=C(O)Cc1ccc(Nc2nc(N3CCCN(c4ccc(Cl)cc4)CC3)nc3c2S(=O)(=O)CCC3)c(F)c1. The number of carboxylic acids is 1. The number of aliphatic carboxylic acids is 1. The second-order valence-corrected chi connectivity index (χ2v) is 11.9. The first kappa shape index (κ1) is 26.2. The van der Waals surface area contributed by atoms with Crippen LogP contribution < -0.4 is 15.1 Å². The number of hydrogen-bond acceptors (Lipinski definition) is 8. The van der Waals surface area contributed by atoms with Crippen LogP contribution in [0.5, 0.6) is 0 Å². The summed E-state index contributed by atoms with van der Waals surface area (Å²) in [6, 6.07) is 11.7. The maximum absolute atomic E-state index is 14.9. The summed E-state index contributed by atoms with van der Waals surface area (Å²) >= 11 is 6.04. The number of benzene rings is 2. The van der Waals surface area contributed by atoms with Crippen LogP contribution in [0.4, 0.5) is 27.5 Å². The van der Waals surface area contributed by atoms with E-state index < -0.39 is 21.6 Å². The lowest BCUT2D eigenvalue weighted by atomic mass is 10.1. The zero-order valence-corrected chi connectivity index (χ0v) is 22.1. The molecule has 2 aliphatic heterocycles. The summed E-state index contributed by atoms with van der Waals surface area (Å²) < 4.78 is 40.9. The minimum absolute atomic E-state index is 0.000810. The highest BCUT2D eigenvalue weighted by Gasteiger charge is 2.31. The lowest BCUT2D eigenvalue weighted by Gasteiger charge is -2.26. The predicted octanol–water partition coefficient (Wildman–Crippen LogP) is 4.08. The molecule has 2 aliphatic rings. The first-order valence-corrected chi connectivity index (χ1v) is 14.4. The fourth-order valence-corrected chi connectivity index (χ4v) is 6.59. The highest BCUT2D eigenvalue weighted by molar-refractivity contribution is 7.91. The van der Waals surface area contributed by atoms with Crippen LogP contribution in [0.25, 0.3) is 0 Å². The molecule has 0 unspecified atom stereocenters. The van der Waals surface area contributed by atoms with Gasteiger partial charge in [0.25, 0.3) is 0 Å². The lowest BCUT2D eigenvalue weighted by molar-refractivity contribution is -0.136. The van der Waals surface area contributed by atoms with Crippen LogP contribution in [0.3, 0.4) is 0 Å². The number of aryl methyl sites for hydroxylation is 1. The number of fused-ring (bicyclic) bond motifs is 1. The van der Waals surface area contributed by atoms with Crippen molar-refractivity contribution in [3.8, 4) is 0 Å². The van der Waals surface area contributed by atoms with Crippen molar-refractivity contribution >= 4 is 50.5 Å². The van der Waals surface area contributed by atoms with Gasteiger partial charge >= 0.3 is 5.97 Å². The number of anilines is 4. The summed E-state index contributed by atoms with van der Waals surface area (Å²) in [7, 11) is -3.66. The molecule has 0 saturated carbocycles. The Morgan fingerprint density at radius 2 is 1.76 bits per heavy atom. The Hall–Kier alpha value is -3.44. The van der Waals surface area contributed by atoms with Crippen molar-refractivity contribution in [2.75, 3.05) is 47.0 Å². The van der Waals surface area contributed by atoms with Gasteiger partial charge in [0.15, 0.2) is 15.7 Å². The molecule has 1 aromatic heterocycles. The van der Waals surface area contributed by atoms with Gasteiger partial charge in [-0.25, -0.2) is 17.8 Å². The summed E-state index contributed by atoms with van der Waals surface area (Å²) in [5.41, 5.74) is 1.80. The molecule has 2 N–H and O–H groups in total. The van der Waals surface area contributed by atoms with Crippen molar-refractivity contribution in [2.24, 2.45) is 0 Å². The largest absolute Gasteiger partial charge is 0.481 e. The third-order valence-corrected chi connectivity index (χ3v) is 8.80. The number of nitrogens with zero attached hydrogens (tertiary/aromatic N) is 4. The number of halogens is 2. The van der Waals surface area contributed by atoms with Crippen LogP contribution in [-0.2, 0) is 27.5 Å². The quantitative estimate of drug-likeness (QED) is 0.461. The Morgan fingerprint density at radius 3 is 2.50 bits per heavy atom. The zero-order chi connectivity index (χ0) is 26.9. The molecule has 5 rings (SSSR count). The van der Waals surface area contributed by atoms with Gasteiger partial charge < -0.3 is 20.2 Å². The number of carboxylic acid groups (broad SMARTS) is 1. The van der Waals surface area contributed by atoms with E-state index in [9.17, 15) is 17.6 Å². The molecule has 12 heteroatoms. The van der Waals surface area contributed by atoms with E-state index in [-0.39, 0.29) is 28.6 Å². The Morgan fingerprint density at radius 1 is 1.03 bits per heavy atom. The second kappa shape index (κ2) is 10.7. The highest BCUT2D eigenvalue weighted by atomic mass is 35.5. The number of rotatable bonds is 6. The Bertz CT molecular complexity index is 1470. The molecule has 0 aliphatic carbocycles. The van der Waals surface area contributed by atoms with Gasteiger partial charge in [0, 0.05) is 36.9 Å². The zero-order valence-electron chi connectivity index (χ0n) is 20.5. The maximum Gasteiger partial charge on any atom is 0.307 e. The first-order chi connectivity index (χ1) is 18.2. The highest BCUT2D eigenvalue weighted by Crippen LogP contribution is 2.34. The van der Waals surface area contributed by atoms with Gasteiger partial charge in [-0.3, -0.25) is 4.79 Å². The molecule has 0 amide bonds. The topological polar surface area (TPSA) is 116 Å². The molecule has 200 valence electrons. The van der Waals surface area contributed by atoms with Gasteiger partial charge in [0.05, 0.1) is 23.6 Å². The number of hydrogen-bond donors (Lipinski definition) is 2. The van der Waals surface area contributed by atoms with Gasteiger partial charge in [-0.05, 0) is 61.2 Å². The van der Waals surface area contributed by atoms with E-state index in [0.29, 0.717) is 54.7 Å². The van der Waals surface area contributed by atoms with Crippen LogP contribution >= 0.6 is 11.6 Å². The van der Waals surface area contributed by atoms with Crippen LogP contribution in [0.1, 0.15) is 24.1 Å². The van der Waals surface area contributed by atoms with Gasteiger partial charge in [-0.2, -0.15) is 4.98 Å². The number of aromatic nitrogens is 2. The smallest absolute Gasteiger partial charge is 0.307 e. The molecule has 38 heavy (non-hydrogen) atoms. The van der Waals surface area contributed by atoms with E-state index >= 15 is 0 Å². The van der Waals surface area contributed by atoms with Gasteiger partial charge in [0.2, 0.25) is 5.95 Å². The monoisotopic (exact) mass is 559 g/mol. The molecule has 0 atom stereocenters. The van der Waals surface area contributed by atoms with E-state index in [1.807, 2.05) is 29.2 Å². The van der Waals surface area contributed by atoms with E-state index in [0.717, 1.165) is 24.7 Å². The molecule has 9 nitrogen and oxygen atoms in total. The fraction of sp³-hybridized carbons (Fsp3) is 0.346. The van der Waals surface area contributed by atoms with Crippen molar-refractivity contribution in [3.05, 3.63) is 64.6 Å². The number of sulfone groups is 1. The summed E-state index contributed by atoms with van der Waals surface area (Å²) in [5, 5.41) is 12.5. The summed E-state index contributed by atoms with van der Waals surface area (Å²) in [6.45, 7) is 2.83. The lowest BCUT2D eigenvalue weighted by Crippen LogP contribution is -2.32. The van der Waals surface area contributed by atoms with E-state index in [4.69, 9.17) is 16.7 Å². The standard InChI is InChI=1S/C26H27ClFN5O4S/c27-18-5-7-19(8-6-18)32-10-2-11-33(13-12-32)26-30-22-3-1-14-38(36,37)24(22)25(31-26)29-21-9-4-17(15-20(21)28)16-23(34)35/h4-9,15H,1-3,10-14,16H2,(H,34,35)(H,29,30,31). The minimum atomic E-state index is -3.66. The average molecular weight is 560 g/mol. The first-order valence-electron chi connectivity index (χ1n) is 12.4. The van der Waals surface area contributed by atoms with Crippen LogP contribution in [0.2, 0.25) is 5.02 Å². The maximum atomic E-state index is 14.9. The summed E-state index contributed by atoms with van der Waals surface area (Å²) in [4.78, 5) is 24.5. The predicted molar refractivity (Wildman–Crippen MR) is 144 cm³/mol. The summed E-state index contributed by atoms with van der Waals surface area (Å²) in [5.74, 6) is -1.37. The minimum Gasteiger partial charge on any atom is -0.481 e. The normalized spacial score (nSPS) is 17.0. The molecule has 3 heterocycles. The molecule has 2 aromatic carbocycles. The number of nitrogens with one attached hydrogen (secondary N) is 1. The molecule has 0 bridgehead atoms. The van der Waals surface area contributed by atoms with Crippen molar-refractivity contribution in [1.82, 2.24) is 9.97 Å². The van der Waals surface area contributed by atoms with Crippen molar-refractivity contribution < 1.29 is 22.7 Å². The van der Waals surface area contributed by atoms with Gasteiger partial charge in [-0.1, -0.05) is 17.7 Å². The van der Waals surface area contributed by atoms with Gasteiger partial charge in [-0.15, -0.1) is 0 Å². The van der Waals surface area contributed by atoms with Crippen LogP contribution in [-0.4, -0.2) is 61.4 Å². The van der Waals surface area contributed by atoms with E-state index in [2.05, 4.69) is 20.2 Å². The van der Waals surface area contributed by atoms with Crippen LogP contribution in [0.15, 0.2) is 47.4 Å². The molecule has 0 spiro atoms. The Labute approximate surface area is 225 Å². The molecule has 0 radical (unpaired) electrons. The molecular formula is C26H27ClFN5O4S. The van der Waals surface area contributed by atoms with Gasteiger partial charge in [0.1, 0.15) is 10.7 Å². The summed E-state index contributed by atoms with van der Waals surface area (Å²) in [6.07, 6.45) is 1.45. The Kier molecular flexibility index (Phi) is 7.40. The van der Waals surface area contributed by atoms with Crippen molar-refractivity contribution in [2.45, 2.75) is 30.6 Å². The van der Waals surface area contributed by atoms with Crippen molar-refractivity contribution in [3.63, 3.8) is 0 Å². The Balaban J connectivity index is 1.46. The molecule has 1 fully saturated rings. The van der Waals surface area contributed by atoms with E-state index in [1.165, 1.54) is 12.1 Å². The van der Waals surface area contributed by atoms with Crippen molar-refractivity contribution in [1.29, 1.82) is 0 Å². The van der Waals surface area contributed by atoms with Crippen LogP contribution in [0, 0.1) is 5.82 Å². The third-order valence-electron chi connectivity index (χ3n) is 6.67. The molecule has 1 saturated heterocycles. The second-order valence-electron chi connectivity index (χ2n) is 9.38. The van der Waals surface area contributed by atoms with E-state index in [1.54, 1.807) is 0 Å².